The van der Waals surface area contributed by atoms with E-state index >= 15 is 0 Å². The van der Waals surface area contributed by atoms with Gasteiger partial charge in [0.15, 0.2) is 6.29 Å². The molecule has 0 fully saturated rings. The molecule has 0 saturated carbocycles. The highest BCUT2D eigenvalue weighted by molar-refractivity contribution is 5.85. The molecule has 1 N–H and O–H groups in total. The molecular formula is C13H12N2O2. The highest BCUT2D eigenvalue weighted by Gasteiger charge is 2.01. The molecule has 0 aliphatic heterocycles. The van der Waals surface area contributed by atoms with Crippen LogP contribution in [0.5, 0.6) is 5.75 Å². The zero-order chi connectivity index (χ0) is 12.1. The number of benzene rings is 1. The van der Waals surface area contributed by atoms with E-state index in [0.29, 0.717) is 5.56 Å². The minimum Gasteiger partial charge on any atom is -0.497 e. The van der Waals surface area contributed by atoms with Gasteiger partial charge in [-0.25, -0.2) is 0 Å². The molecule has 17 heavy (non-hydrogen) atoms. The van der Waals surface area contributed by atoms with Crippen molar-refractivity contribution in [2.45, 2.75) is 0 Å². The molecule has 0 spiro atoms. The molecule has 0 atom stereocenters. The number of ether oxygens (including phenoxy) is 1. The lowest BCUT2D eigenvalue weighted by Gasteiger charge is -2.08. The molecule has 1 heterocycles. The SMILES string of the molecule is COc1ccc(Nc2ccncc2C=O)cc1. The van der Waals surface area contributed by atoms with Gasteiger partial charge in [-0.2, -0.15) is 0 Å². The first-order chi connectivity index (χ1) is 8.33. The smallest absolute Gasteiger partial charge is 0.153 e. The van der Waals surface area contributed by atoms with E-state index in [0.717, 1.165) is 23.4 Å². The Balaban J connectivity index is 2.22. The van der Waals surface area contributed by atoms with Gasteiger partial charge in [0.1, 0.15) is 5.75 Å². The zero-order valence-corrected chi connectivity index (χ0v) is 9.38. The van der Waals surface area contributed by atoms with Crippen LogP contribution in [0.3, 0.4) is 0 Å². The van der Waals surface area contributed by atoms with Crippen molar-refractivity contribution in [1.82, 2.24) is 4.98 Å². The molecule has 0 saturated heterocycles. The van der Waals surface area contributed by atoms with E-state index in [2.05, 4.69) is 10.3 Å². The van der Waals surface area contributed by atoms with Crippen LogP contribution < -0.4 is 10.1 Å². The molecule has 2 aromatic rings. The van der Waals surface area contributed by atoms with E-state index in [-0.39, 0.29) is 0 Å². The van der Waals surface area contributed by atoms with Gasteiger partial charge in [-0.3, -0.25) is 9.78 Å². The minimum atomic E-state index is 0.531. The summed E-state index contributed by atoms with van der Waals surface area (Å²) in [5, 5.41) is 3.15. The van der Waals surface area contributed by atoms with Crippen molar-refractivity contribution >= 4 is 17.7 Å². The fourth-order valence-electron chi connectivity index (χ4n) is 1.44. The van der Waals surface area contributed by atoms with Crippen LogP contribution in [0.25, 0.3) is 0 Å². The molecule has 1 aromatic carbocycles. The average molecular weight is 228 g/mol. The van der Waals surface area contributed by atoms with E-state index in [9.17, 15) is 4.79 Å². The van der Waals surface area contributed by atoms with E-state index in [1.165, 1.54) is 6.20 Å². The Labute approximate surface area is 99.3 Å². The van der Waals surface area contributed by atoms with Crippen molar-refractivity contribution in [3.8, 4) is 5.75 Å². The largest absolute Gasteiger partial charge is 0.497 e. The second-order valence-electron chi connectivity index (χ2n) is 3.43. The third kappa shape index (κ3) is 2.60. The van der Waals surface area contributed by atoms with Crippen LogP contribution in [0.15, 0.2) is 42.7 Å². The fraction of sp³-hybridized carbons (Fsp3) is 0.0769. The van der Waals surface area contributed by atoms with Gasteiger partial charge in [-0.15, -0.1) is 0 Å². The maximum absolute atomic E-state index is 10.8. The molecule has 0 radical (unpaired) electrons. The first-order valence-electron chi connectivity index (χ1n) is 5.14. The fourth-order valence-corrected chi connectivity index (χ4v) is 1.44. The summed E-state index contributed by atoms with van der Waals surface area (Å²) >= 11 is 0. The van der Waals surface area contributed by atoms with Gasteiger partial charge in [0.2, 0.25) is 0 Å². The van der Waals surface area contributed by atoms with Gasteiger partial charge in [0, 0.05) is 18.1 Å². The van der Waals surface area contributed by atoms with Crippen LogP contribution >= 0.6 is 0 Å². The van der Waals surface area contributed by atoms with Crippen molar-refractivity contribution in [2.24, 2.45) is 0 Å². The van der Waals surface area contributed by atoms with Crippen LogP contribution in [-0.2, 0) is 0 Å². The Morgan fingerprint density at radius 3 is 2.65 bits per heavy atom. The number of carbonyl (C=O) groups is 1. The van der Waals surface area contributed by atoms with E-state index in [4.69, 9.17) is 4.74 Å². The number of aromatic nitrogens is 1. The summed E-state index contributed by atoms with van der Waals surface area (Å²) in [4.78, 5) is 14.7. The Hall–Kier alpha value is -2.36. The molecule has 4 heteroatoms. The second kappa shape index (κ2) is 5.12. The maximum Gasteiger partial charge on any atom is 0.153 e. The number of aldehydes is 1. The number of anilines is 2. The normalized spacial score (nSPS) is 9.71. The lowest BCUT2D eigenvalue weighted by Crippen LogP contribution is -1.95. The predicted molar refractivity (Wildman–Crippen MR) is 65.9 cm³/mol. The van der Waals surface area contributed by atoms with Crippen molar-refractivity contribution < 1.29 is 9.53 Å². The van der Waals surface area contributed by atoms with Gasteiger partial charge in [0.25, 0.3) is 0 Å². The molecule has 0 amide bonds. The van der Waals surface area contributed by atoms with Gasteiger partial charge in [-0.05, 0) is 30.3 Å². The summed E-state index contributed by atoms with van der Waals surface area (Å²) in [6, 6.07) is 9.23. The molecule has 0 unspecified atom stereocenters. The summed E-state index contributed by atoms with van der Waals surface area (Å²) in [5.41, 5.74) is 2.16. The molecule has 86 valence electrons. The van der Waals surface area contributed by atoms with Crippen molar-refractivity contribution in [3.63, 3.8) is 0 Å². The van der Waals surface area contributed by atoms with Crippen molar-refractivity contribution in [1.29, 1.82) is 0 Å². The highest BCUT2D eigenvalue weighted by atomic mass is 16.5. The summed E-state index contributed by atoms with van der Waals surface area (Å²) in [6.45, 7) is 0. The van der Waals surface area contributed by atoms with Crippen LogP contribution in [0.2, 0.25) is 0 Å². The number of nitrogens with one attached hydrogen (secondary N) is 1. The number of carbonyl (C=O) groups excluding carboxylic acids is 1. The topological polar surface area (TPSA) is 51.2 Å². The van der Waals surface area contributed by atoms with Gasteiger partial charge >= 0.3 is 0 Å². The van der Waals surface area contributed by atoms with E-state index in [1.807, 2.05) is 24.3 Å². The first kappa shape index (κ1) is 11.1. The Bertz CT molecular complexity index is 509. The Morgan fingerprint density at radius 2 is 2.00 bits per heavy atom. The number of methoxy groups -OCH3 is 1. The monoisotopic (exact) mass is 228 g/mol. The standard InChI is InChI=1S/C13H12N2O2/c1-17-12-4-2-11(3-5-12)15-13-6-7-14-8-10(13)9-16/h2-9H,1H3,(H,14,15). The van der Waals surface area contributed by atoms with Gasteiger partial charge in [0.05, 0.1) is 18.4 Å². The Morgan fingerprint density at radius 1 is 1.24 bits per heavy atom. The number of hydrogen-bond acceptors (Lipinski definition) is 4. The molecule has 2 rings (SSSR count). The lowest BCUT2D eigenvalue weighted by molar-refractivity contribution is 0.112. The summed E-state index contributed by atoms with van der Waals surface area (Å²) in [5.74, 6) is 0.792. The van der Waals surface area contributed by atoms with Crippen LogP contribution in [-0.4, -0.2) is 18.4 Å². The van der Waals surface area contributed by atoms with Crippen LogP contribution in [0, 0.1) is 0 Å². The van der Waals surface area contributed by atoms with E-state index < -0.39 is 0 Å². The van der Waals surface area contributed by atoms with Gasteiger partial charge in [-0.1, -0.05) is 0 Å². The average Bonchev–Trinajstić information content (AvgIpc) is 2.40. The van der Waals surface area contributed by atoms with Crippen LogP contribution in [0.4, 0.5) is 11.4 Å². The second-order valence-corrected chi connectivity index (χ2v) is 3.43. The maximum atomic E-state index is 10.8. The Kier molecular flexibility index (Phi) is 3.35. The zero-order valence-electron chi connectivity index (χ0n) is 9.38. The molecule has 0 bridgehead atoms. The van der Waals surface area contributed by atoms with Crippen molar-refractivity contribution in [2.75, 3.05) is 12.4 Å². The van der Waals surface area contributed by atoms with Crippen molar-refractivity contribution in [3.05, 3.63) is 48.3 Å². The number of hydrogen-bond donors (Lipinski definition) is 1. The minimum absolute atomic E-state index is 0.531. The molecule has 0 aliphatic carbocycles. The third-order valence-corrected chi connectivity index (χ3v) is 2.35. The molecule has 1 aromatic heterocycles. The summed E-state index contributed by atoms with van der Waals surface area (Å²) in [6.07, 6.45) is 3.94. The molecular weight excluding hydrogens is 216 g/mol. The molecule has 4 nitrogen and oxygen atoms in total. The third-order valence-electron chi connectivity index (χ3n) is 2.35. The summed E-state index contributed by atoms with van der Waals surface area (Å²) < 4.78 is 5.07. The quantitative estimate of drug-likeness (QED) is 0.817. The first-order valence-corrected chi connectivity index (χ1v) is 5.14. The number of pyridine rings is 1. The van der Waals surface area contributed by atoms with Crippen LogP contribution in [0.1, 0.15) is 10.4 Å². The summed E-state index contributed by atoms with van der Waals surface area (Å²) in [7, 11) is 1.62. The molecule has 0 aliphatic rings. The predicted octanol–water partition coefficient (Wildman–Crippen LogP) is 2.65. The van der Waals surface area contributed by atoms with E-state index in [1.54, 1.807) is 19.4 Å². The highest BCUT2D eigenvalue weighted by Crippen LogP contribution is 2.21. The number of rotatable bonds is 4. The van der Waals surface area contributed by atoms with Gasteiger partial charge < -0.3 is 10.1 Å². The lowest BCUT2D eigenvalue weighted by atomic mass is 10.2. The number of nitrogens with zero attached hydrogens (tertiary/aromatic N) is 1.